The summed E-state index contributed by atoms with van der Waals surface area (Å²) >= 11 is 1.83. The third kappa shape index (κ3) is 2.98. The van der Waals surface area contributed by atoms with Crippen LogP contribution in [0.15, 0.2) is 109 Å². The van der Waals surface area contributed by atoms with Crippen molar-refractivity contribution >= 4 is 59.6 Å². The van der Waals surface area contributed by atoms with Crippen molar-refractivity contribution < 1.29 is 21.1 Å². The molecule has 0 aliphatic heterocycles. The number of fused-ring (bicyclic) bond motifs is 9. The van der Waals surface area contributed by atoms with Crippen LogP contribution in [-0.4, -0.2) is 14.2 Å². The largest absolute Gasteiger partial charge is 0.309 e. The average molecular weight is 660 g/mol. The molecule has 3 nitrogen and oxygen atoms in total. The minimum atomic E-state index is 0. The van der Waals surface area contributed by atoms with Gasteiger partial charge in [0.1, 0.15) is 0 Å². The molecular weight excluding hydrogens is 642 g/mol. The molecule has 0 atom stereocenters. The van der Waals surface area contributed by atoms with E-state index < -0.39 is 0 Å². The number of pyridine rings is 1. The van der Waals surface area contributed by atoms with Gasteiger partial charge in [-0.15, -0.1) is 16.7 Å². The summed E-state index contributed by atoms with van der Waals surface area (Å²) in [6.07, 6.45) is 1.87. The van der Waals surface area contributed by atoms with Gasteiger partial charge in [0, 0.05) is 53.3 Å². The summed E-state index contributed by atoms with van der Waals surface area (Å²) in [5, 5.41) is 9.56. The molecule has 4 heterocycles. The topological polar surface area (TPSA) is 22.2 Å². The first-order valence-electron chi connectivity index (χ1n) is 11.7. The Kier molecular flexibility index (Phi) is 4.89. The first-order chi connectivity index (χ1) is 17.4. The van der Waals surface area contributed by atoms with Gasteiger partial charge < -0.3 is 4.57 Å². The van der Waals surface area contributed by atoms with E-state index in [9.17, 15) is 0 Å². The quantitative estimate of drug-likeness (QED) is 0.171. The third-order valence-electron chi connectivity index (χ3n) is 6.92. The molecule has 36 heavy (non-hydrogen) atoms. The molecule has 0 radical (unpaired) electrons. The molecule has 0 N–H and O–H groups in total. The Morgan fingerprint density at radius 3 is 2.39 bits per heavy atom. The zero-order valence-electron chi connectivity index (χ0n) is 19.0. The van der Waals surface area contributed by atoms with E-state index in [1.807, 2.05) is 28.1 Å². The van der Waals surface area contributed by atoms with Crippen molar-refractivity contribution in [2.24, 2.45) is 0 Å². The van der Waals surface area contributed by atoms with Crippen molar-refractivity contribution in [3.05, 3.63) is 115 Å². The van der Waals surface area contributed by atoms with Gasteiger partial charge in [0.2, 0.25) is 0 Å². The molecule has 0 saturated heterocycles. The van der Waals surface area contributed by atoms with Gasteiger partial charge in [-0.3, -0.25) is 4.52 Å². The van der Waals surface area contributed by atoms with Crippen molar-refractivity contribution in [2.45, 2.75) is 0 Å². The molecule has 5 heteroatoms. The van der Waals surface area contributed by atoms with Crippen LogP contribution in [0, 0.1) is 6.07 Å². The van der Waals surface area contributed by atoms with Gasteiger partial charge in [0.15, 0.2) is 0 Å². The van der Waals surface area contributed by atoms with Gasteiger partial charge in [-0.25, -0.2) is 0 Å². The fourth-order valence-corrected chi connectivity index (χ4v) is 6.56. The zero-order valence-corrected chi connectivity index (χ0v) is 22.0. The van der Waals surface area contributed by atoms with E-state index in [1.54, 1.807) is 0 Å². The molecule has 0 aliphatic carbocycles. The number of hydrogen-bond donors (Lipinski definition) is 0. The third-order valence-corrected chi connectivity index (χ3v) is 8.12. The number of benzene rings is 4. The number of nitrogens with zero attached hydrogens (tertiary/aromatic N) is 3. The normalized spacial score (nSPS) is 11.7. The second kappa shape index (κ2) is 8.16. The summed E-state index contributed by atoms with van der Waals surface area (Å²) in [7, 11) is 0. The molecular formula is C31H18N3PtS-. The van der Waals surface area contributed by atoms with Crippen LogP contribution in [0.3, 0.4) is 0 Å². The fraction of sp³-hybridized carbons (Fsp3) is 0. The van der Waals surface area contributed by atoms with Gasteiger partial charge in [-0.2, -0.15) is 29.4 Å². The Labute approximate surface area is 225 Å². The Morgan fingerprint density at radius 1 is 0.667 bits per heavy atom. The molecule has 0 fully saturated rings. The van der Waals surface area contributed by atoms with Gasteiger partial charge in [-0.05, 0) is 53.5 Å². The smallest absolute Gasteiger partial charge is 0.0811 e. The molecule has 0 aliphatic rings. The maximum absolute atomic E-state index is 4.57. The minimum Gasteiger partial charge on any atom is -0.309 e. The fourth-order valence-electron chi connectivity index (χ4n) is 5.38. The Bertz CT molecular complexity index is 2060. The number of rotatable bonds is 2. The molecule has 0 unspecified atom stereocenters. The molecule has 4 aromatic carbocycles. The molecule has 8 rings (SSSR count). The SMILES string of the molecule is [Pt].[c-]1cccc2c3cc(-c4ccc5c(c4)c4ccccc4n5-c4ccccc4)sc3c3ccnn3c12. The van der Waals surface area contributed by atoms with E-state index >= 15 is 0 Å². The molecule has 174 valence electrons. The molecule has 8 aromatic rings. The van der Waals surface area contributed by atoms with Crippen LogP contribution in [0.1, 0.15) is 0 Å². The van der Waals surface area contributed by atoms with Gasteiger partial charge in [0.05, 0.1) is 16.6 Å². The van der Waals surface area contributed by atoms with Crippen LogP contribution in [0.4, 0.5) is 0 Å². The maximum Gasteiger partial charge on any atom is 0.0811 e. The first-order valence-corrected chi connectivity index (χ1v) is 12.5. The van der Waals surface area contributed by atoms with Crippen LogP contribution in [0.2, 0.25) is 0 Å². The summed E-state index contributed by atoms with van der Waals surface area (Å²) in [6.45, 7) is 0. The Hall–Kier alpha value is -3.72. The number of aromatic nitrogens is 3. The van der Waals surface area contributed by atoms with E-state index in [4.69, 9.17) is 0 Å². The Balaban J connectivity index is 0.00000220. The molecule has 4 aromatic heterocycles. The van der Waals surface area contributed by atoms with Gasteiger partial charge in [-0.1, -0.05) is 47.9 Å². The predicted molar refractivity (Wildman–Crippen MR) is 147 cm³/mol. The molecule has 0 spiro atoms. The van der Waals surface area contributed by atoms with E-state index in [1.165, 1.54) is 53.4 Å². The minimum absolute atomic E-state index is 0. The van der Waals surface area contributed by atoms with Crippen molar-refractivity contribution in [3.8, 4) is 16.1 Å². The standard InChI is InChI=1S/C31H18N3S.Pt/c1-2-8-21(9-3-1)33-26-12-6-4-10-22(26)24-18-20(14-15-27(24)33)30-19-25-23-11-5-7-13-28(23)34-29(16-17-32-34)31(25)35-30;/h1-12,14-19H;/q-1;. The number of thiophene rings is 1. The van der Waals surface area contributed by atoms with Crippen LogP contribution >= 0.6 is 11.3 Å². The summed E-state index contributed by atoms with van der Waals surface area (Å²) in [6, 6.07) is 40.2. The van der Waals surface area contributed by atoms with E-state index in [2.05, 4.69) is 113 Å². The second-order valence-corrected chi connectivity index (χ2v) is 9.89. The predicted octanol–water partition coefficient (Wildman–Crippen LogP) is 8.26. The molecule has 0 bridgehead atoms. The number of para-hydroxylation sites is 3. The number of hydrogen-bond acceptors (Lipinski definition) is 2. The molecule has 0 saturated carbocycles. The van der Waals surface area contributed by atoms with Crippen molar-refractivity contribution in [3.63, 3.8) is 0 Å². The van der Waals surface area contributed by atoms with Gasteiger partial charge >= 0.3 is 0 Å². The van der Waals surface area contributed by atoms with E-state index in [0.29, 0.717) is 0 Å². The van der Waals surface area contributed by atoms with Crippen LogP contribution in [-0.2, 0) is 21.1 Å². The van der Waals surface area contributed by atoms with Crippen molar-refractivity contribution in [1.82, 2.24) is 14.2 Å². The maximum atomic E-state index is 4.57. The van der Waals surface area contributed by atoms with Crippen LogP contribution in [0.25, 0.3) is 64.4 Å². The first kappa shape index (κ1) is 21.6. The monoisotopic (exact) mass is 659 g/mol. The zero-order chi connectivity index (χ0) is 22.9. The summed E-state index contributed by atoms with van der Waals surface area (Å²) in [4.78, 5) is 1.26. The summed E-state index contributed by atoms with van der Waals surface area (Å²) in [5.41, 5.74) is 7.02. The second-order valence-electron chi connectivity index (χ2n) is 8.83. The van der Waals surface area contributed by atoms with E-state index in [0.717, 1.165) is 11.0 Å². The van der Waals surface area contributed by atoms with Crippen LogP contribution < -0.4 is 0 Å². The van der Waals surface area contributed by atoms with Gasteiger partial charge in [0.25, 0.3) is 0 Å². The average Bonchev–Trinajstić information content (AvgIpc) is 3.65. The summed E-state index contributed by atoms with van der Waals surface area (Å²) < 4.78 is 5.63. The van der Waals surface area contributed by atoms with E-state index in [-0.39, 0.29) is 21.1 Å². The van der Waals surface area contributed by atoms with Crippen molar-refractivity contribution in [1.29, 1.82) is 0 Å². The van der Waals surface area contributed by atoms with Crippen LogP contribution in [0.5, 0.6) is 0 Å². The summed E-state index contributed by atoms with van der Waals surface area (Å²) in [5.74, 6) is 0. The van der Waals surface area contributed by atoms with Crippen molar-refractivity contribution in [2.75, 3.05) is 0 Å². The Morgan fingerprint density at radius 2 is 1.47 bits per heavy atom. The molecule has 0 amide bonds.